The van der Waals surface area contributed by atoms with Gasteiger partial charge in [0, 0.05) is 24.8 Å². The molecule has 0 radical (unpaired) electrons. The molecular formula is C18H21N3O4. The van der Waals surface area contributed by atoms with Gasteiger partial charge in [0.15, 0.2) is 0 Å². The Labute approximate surface area is 145 Å². The Kier molecular flexibility index (Phi) is 5.02. The number of likely N-dealkylation sites (tertiary alicyclic amines) is 1. The van der Waals surface area contributed by atoms with Crippen LogP contribution < -0.4 is 4.74 Å². The van der Waals surface area contributed by atoms with Crippen molar-refractivity contribution in [1.82, 2.24) is 14.7 Å². The maximum Gasteiger partial charge on any atom is 0.338 e. The van der Waals surface area contributed by atoms with Gasteiger partial charge in [0.05, 0.1) is 24.4 Å². The molecule has 7 nitrogen and oxygen atoms in total. The highest BCUT2D eigenvalue weighted by atomic mass is 16.5. The normalized spacial score (nSPS) is 15.2. The van der Waals surface area contributed by atoms with Crippen LogP contribution in [0.2, 0.25) is 0 Å². The first-order valence-corrected chi connectivity index (χ1v) is 8.38. The maximum absolute atomic E-state index is 12.6. The molecule has 1 aromatic carbocycles. The van der Waals surface area contributed by atoms with E-state index >= 15 is 0 Å². The van der Waals surface area contributed by atoms with Crippen LogP contribution in [0.1, 0.15) is 46.5 Å². The molecule has 25 heavy (non-hydrogen) atoms. The molecule has 1 N–H and O–H groups in total. The molecule has 2 aromatic rings. The number of aromatic carboxylic acids is 1. The minimum atomic E-state index is -0.977. The Bertz CT molecular complexity index is 746. The molecule has 0 aliphatic carbocycles. The van der Waals surface area contributed by atoms with Crippen molar-refractivity contribution in [2.45, 2.75) is 25.8 Å². The molecule has 0 atom stereocenters. The summed E-state index contributed by atoms with van der Waals surface area (Å²) in [4.78, 5) is 25.4. The van der Waals surface area contributed by atoms with E-state index in [1.54, 1.807) is 35.1 Å². The van der Waals surface area contributed by atoms with Crippen LogP contribution in [-0.2, 0) is 0 Å². The number of nitrogens with zero attached hydrogens (tertiary/aromatic N) is 3. The van der Waals surface area contributed by atoms with Gasteiger partial charge in [-0.2, -0.15) is 5.10 Å². The molecule has 1 fully saturated rings. The van der Waals surface area contributed by atoms with Crippen molar-refractivity contribution in [3.05, 3.63) is 47.8 Å². The standard InChI is InChI=1S/C18H21N3O4/c1-2-25-16-5-3-13(4-6-16)17(22)20-9-7-15(8-10-20)21-12-14(11-19-21)18(23)24/h3-6,11-12,15H,2,7-10H2,1H3,(H,23,24). The molecule has 1 saturated heterocycles. The van der Waals surface area contributed by atoms with Crippen molar-refractivity contribution < 1.29 is 19.4 Å². The summed E-state index contributed by atoms with van der Waals surface area (Å²) in [6.07, 6.45) is 4.42. The Morgan fingerprint density at radius 3 is 2.44 bits per heavy atom. The van der Waals surface area contributed by atoms with Gasteiger partial charge in [-0.3, -0.25) is 9.48 Å². The second-order valence-electron chi connectivity index (χ2n) is 5.99. The fourth-order valence-corrected chi connectivity index (χ4v) is 3.02. The molecule has 0 spiro atoms. The molecule has 1 aromatic heterocycles. The summed E-state index contributed by atoms with van der Waals surface area (Å²) in [5, 5.41) is 13.1. The third-order valence-electron chi connectivity index (χ3n) is 4.39. The van der Waals surface area contributed by atoms with Gasteiger partial charge in [-0.15, -0.1) is 0 Å². The SMILES string of the molecule is CCOc1ccc(C(=O)N2CCC(n3cc(C(=O)O)cn3)CC2)cc1. The molecule has 1 aliphatic rings. The first-order chi connectivity index (χ1) is 12.1. The Morgan fingerprint density at radius 1 is 1.20 bits per heavy atom. The molecule has 1 aliphatic heterocycles. The molecule has 132 valence electrons. The lowest BCUT2D eigenvalue weighted by atomic mass is 10.0. The van der Waals surface area contributed by atoms with Crippen LogP contribution in [0.4, 0.5) is 0 Å². The second-order valence-corrected chi connectivity index (χ2v) is 5.99. The minimum Gasteiger partial charge on any atom is -0.494 e. The number of benzene rings is 1. The number of amides is 1. The van der Waals surface area contributed by atoms with E-state index < -0.39 is 5.97 Å². The monoisotopic (exact) mass is 343 g/mol. The highest BCUT2D eigenvalue weighted by molar-refractivity contribution is 5.94. The quantitative estimate of drug-likeness (QED) is 0.901. The van der Waals surface area contributed by atoms with Gasteiger partial charge in [-0.25, -0.2) is 4.79 Å². The van der Waals surface area contributed by atoms with Gasteiger partial charge in [-0.1, -0.05) is 0 Å². The average Bonchev–Trinajstić information content (AvgIpc) is 3.13. The summed E-state index contributed by atoms with van der Waals surface area (Å²) in [7, 11) is 0. The van der Waals surface area contributed by atoms with Gasteiger partial charge < -0.3 is 14.7 Å². The van der Waals surface area contributed by atoms with E-state index in [0.717, 1.165) is 18.6 Å². The molecule has 3 rings (SSSR count). The van der Waals surface area contributed by atoms with Crippen LogP contribution in [0.15, 0.2) is 36.7 Å². The summed E-state index contributed by atoms with van der Waals surface area (Å²) in [5.41, 5.74) is 0.835. The number of piperidine rings is 1. The van der Waals surface area contributed by atoms with E-state index in [1.807, 2.05) is 11.8 Å². The number of hydrogen-bond acceptors (Lipinski definition) is 4. The van der Waals surface area contributed by atoms with E-state index in [4.69, 9.17) is 9.84 Å². The fourth-order valence-electron chi connectivity index (χ4n) is 3.02. The van der Waals surface area contributed by atoms with Gasteiger partial charge in [0.25, 0.3) is 5.91 Å². The van der Waals surface area contributed by atoms with Gasteiger partial charge in [0.1, 0.15) is 5.75 Å². The lowest BCUT2D eigenvalue weighted by Gasteiger charge is -2.32. The average molecular weight is 343 g/mol. The highest BCUT2D eigenvalue weighted by Gasteiger charge is 2.25. The first kappa shape index (κ1) is 17.0. The second kappa shape index (κ2) is 7.38. The van der Waals surface area contributed by atoms with Crippen LogP contribution in [0.3, 0.4) is 0 Å². The Hall–Kier alpha value is -2.83. The van der Waals surface area contributed by atoms with Crippen LogP contribution in [0.5, 0.6) is 5.75 Å². The van der Waals surface area contributed by atoms with E-state index in [2.05, 4.69) is 5.10 Å². The zero-order valence-electron chi connectivity index (χ0n) is 14.1. The lowest BCUT2D eigenvalue weighted by Crippen LogP contribution is -2.39. The molecule has 0 saturated carbocycles. The Morgan fingerprint density at radius 2 is 1.88 bits per heavy atom. The highest BCUT2D eigenvalue weighted by Crippen LogP contribution is 2.24. The summed E-state index contributed by atoms with van der Waals surface area (Å²) in [6, 6.07) is 7.30. The predicted molar refractivity (Wildman–Crippen MR) is 91.0 cm³/mol. The molecule has 0 unspecified atom stereocenters. The third kappa shape index (κ3) is 3.81. The van der Waals surface area contributed by atoms with Gasteiger partial charge >= 0.3 is 5.97 Å². The lowest BCUT2D eigenvalue weighted by molar-refractivity contribution is 0.0688. The summed E-state index contributed by atoms with van der Waals surface area (Å²) in [5.74, 6) is -0.215. The third-order valence-corrected chi connectivity index (χ3v) is 4.39. The number of rotatable bonds is 5. The Balaban J connectivity index is 1.59. The number of carboxylic acids is 1. The predicted octanol–water partition coefficient (Wildman–Crippen LogP) is 2.46. The number of ether oxygens (including phenoxy) is 1. The van der Waals surface area contributed by atoms with E-state index in [1.165, 1.54) is 6.20 Å². The van der Waals surface area contributed by atoms with Crippen LogP contribution in [0.25, 0.3) is 0 Å². The minimum absolute atomic E-state index is 0.00758. The largest absolute Gasteiger partial charge is 0.494 e. The topological polar surface area (TPSA) is 84.7 Å². The smallest absolute Gasteiger partial charge is 0.338 e. The van der Waals surface area contributed by atoms with Gasteiger partial charge in [0.2, 0.25) is 0 Å². The van der Waals surface area contributed by atoms with Crippen LogP contribution in [0, 0.1) is 0 Å². The van der Waals surface area contributed by atoms with E-state index in [-0.39, 0.29) is 17.5 Å². The number of carbonyl (C=O) groups excluding carboxylic acids is 1. The molecule has 2 heterocycles. The fraction of sp³-hybridized carbons (Fsp3) is 0.389. The van der Waals surface area contributed by atoms with Crippen LogP contribution in [-0.4, -0.2) is 51.4 Å². The number of carbonyl (C=O) groups is 2. The first-order valence-electron chi connectivity index (χ1n) is 8.38. The van der Waals surface area contributed by atoms with E-state index in [9.17, 15) is 9.59 Å². The summed E-state index contributed by atoms with van der Waals surface area (Å²) < 4.78 is 7.09. The molecule has 1 amide bonds. The summed E-state index contributed by atoms with van der Waals surface area (Å²) in [6.45, 7) is 3.76. The van der Waals surface area contributed by atoms with Crippen molar-refractivity contribution in [2.24, 2.45) is 0 Å². The maximum atomic E-state index is 12.6. The van der Waals surface area contributed by atoms with Crippen molar-refractivity contribution in [3.8, 4) is 5.75 Å². The molecular weight excluding hydrogens is 322 g/mol. The molecule has 7 heteroatoms. The van der Waals surface area contributed by atoms with Crippen molar-refractivity contribution >= 4 is 11.9 Å². The van der Waals surface area contributed by atoms with Crippen LogP contribution >= 0.6 is 0 Å². The van der Waals surface area contributed by atoms with E-state index in [0.29, 0.717) is 25.3 Å². The number of aromatic nitrogens is 2. The summed E-state index contributed by atoms with van der Waals surface area (Å²) >= 11 is 0. The zero-order valence-corrected chi connectivity index (χ0v) is 14.1. The molecule has 0 bridgehead atoms. The van der Waals surface area contributed by atoms with Crippen molar-refractivity contribution in [2.75, 3.05) is 19.7 Å². The van der Waals surface area contributed by atoms with Crippen molar-refractivity contribution in [1.29, 1.82) is 0 Å². The zero-order chi connectivity index (χ0) is 17.8. The number of carboxylic acid groups (broad SMARTS) is 1. The van der Waals surface area contributed by atoms with Gasteiger partial charge in [-0.05, 0) is 44.0 Å². The number of hydrogen-bond donors (Lipinski definition) is 1. The van der Waals surface area contributed by atoms with Crippen molar-refractivity contribution in [3.63, 3.8) is 0 Å².